The fourth-order valence-corrected chi connectivity index (χ4v) is 1.77. The van der Waals surface area contributed by atoms with Crippen LogP contribution in [-0.2, 0) is 4.65 Å². The molecule has 11 heavy (non-hydrogen) atoms. The average Bonchev–Trinajstić information content (AvgIpc) is 1.98. The molecule has 0 bridgehead atoms. The van der Waals surface area contributed by atoms with Crippen LogP contribution in [0.2, 0.25) is 0 Å². The molecule has 0 aromatic heterocycles. The molecule has 0 aromatic rings. The highest BCUT2D eigenvalue weighted by atomic mass is 16.4. The monoisotopic (exact) mass is 152 g/mol. The van der Waals surface area contributed by atoms with Gasteiger partial charge in [-0.15, -0.1) is 0 Å². The lowest BCUT2D eigenvalue weighted by Crippen LogP contribution is -2.28. The first-order valence-electron chi connectivity index (χ1n) is 4.65. The van der Waals surface area contributed by atoms with Gasteiger partial charge in [0.05, 0.1) is 0 Å². The molecule has 0 N–H and O–H groups in total. The lowest BCUT2D eigenvalue weighted by molar-refractivity contribution is 0.0699. The summed E-state index contributed by atoms with van der Waals surface area (Å²) in [7, 11) is 5.26. The summed E-state index contributed by atoms with van der Waals surface area (Å²) >= 11 is 0. The third kappa shape index (κ3) is 2.86. The first kappa shape index (κ1) is 9.12. The van der Waals surface area contributed by atoms with Gasteiger partial charge in [-0.2, -0.15) is 0 Å². The second kappa shape index (κ2) is 4.15. The van der Waals surface area contributed by atoms with Crippen molar-refractivity contribution in [3.05, 3.63) is 0 Å². The molecule has 2 heteroatoms. The molecule has 1 fully saturated rings. The molecule has 0 unspecified atom stereocenters. The van der Waals surface area contributed by atoms with Crippen LogP contribution in [0.5, 0.6) is 0 Å². The van der Waals surface area contributed by atoms with E-state index in [4.69, 9.17) is 12.7 Å². The maximum atomic E-state index is 5.26. The molecule has 0 amide bonds. The zero-order valence-corrected chi connectivity index (χ0v) is 7.44. The standard InChI is InChI=1S/C9H17BO/c1-9(11-10)7-5-3-2-4-6-8-9/h2-8H2,1H3. The minimum absolute atomic E-state index is 0.0274. The van der Waals surface area contributed by atoms with E-state index >= 15 is 0 Å². The lowest BCUT2D eigenvalue weighted by atomic mass is 9.88. The Balaban J connectivity index is 2.37. The van der Waals surface area contributed by atoms with Gasteiger partial charge in [0, 0.05) is 5.60 Å². The normalized spacial score (nSPS) is 25.5. The Morgan fingerprint density at radius 3 is 1.91 bits per heavy atom. The van der Waals surface area contributed by atoms with E-state index in [1.165, 1.54) is 32.1 Å². The van der Waals surface area contributed by atoms with Crippen LogP contribution in [0, 0.1) is 0 Å². The molecule has 1 rings (SSSR count). The van der Waals surface area contributed by atoms with E-state index in [-0.39, 0.29) is 5.60 Å². The van der Waals surface area contributed by atoms with Crippen molar-refractivity contribution < 1.29 is 4.65 Å². The van der Waals surface area contributed by atoms with Gasteiger partial charge < -0.3 is 4.65 Å². The van der Waals surface area contributed by atoms with Crippen molar-refractivity contribution in [3.8, 4) is 0 Å². The van der Waals surface area contributed by atoms with Crippen LogP contribution >= 0.6 is 0 Å². The zero-order chi connectivity index (χ0) is 8.16. The average molecular weight is 152 g/mol. The van der Waals surface area contributed by atoms with Crippen LogP contribution in [0.3, 0.4) is 0 Å². The van der Waals surface area contributed by atoms with Gasteiger partial charge in [0.15, 0.2) is 0 Å². The van der Waals surface area contributed by atoms with Crippen LogP contribution in [-0.4, -0.2) is 13.7 Å². The van der Waals surface area contributed by atoms with Crippen LogP contribution < -0.4 is 0 Å². The topological polar surface area (TPSA) is 9.23 Å². The van der Waals surface area contributed by atoms with E-state index < -0.39 is 0 Å². The third-order valence-electron chi connectivity index (χ3n) is 2.70. The van der Waals surface area contributed by atoms with Crippen molar-refractivity contribution in [1.82, 2.24) is 0 Å². The summed E-state index contributed by atoms with van der Waals surface area (Å²) in [5.74, 6) is 0. The minimum Gasteiger partial charge on any atom is -0.443 e. The van der Waals surface area contributed by atoms with E-state index in [0.717, 1.165) is 12.8 Å². The van der Waals surface area contributed by atoms with Crippen molar-refractivity contribution in [2.24, 2.45) is 0 Å². The highest BCUT2D eigenvalue weighted by Crippen LogP contribution is 2.27. The fourth-order valence-electron chi connectivity index (χ4n) is 1.77. The number of hydrogen-bond donors (Lipinski definition) is 0. The zero-order valence-electron chi connectivity index (χ0n) is 7.44. The molecule has 0 spiro atoms. The van der Waals surface area contributed by atoms with Crippen molar-refractivity contribution >= 4 is 8.05 Å². The molecular weight excluding hydrogens is 135 g/mol. The molecule has 0 atom stereocenters. The van der Waals surface area contributed by atoms with Gasteiger partial charge in [-0.1, -0.05) is 32.1 Å². The van der Waals surface area contributed by atoms with E-state index in [0.29, 0.717) is 0 Å². The van der Waals surface area contributed by atoms with Gasteiger partial charge in [0.25, 0.3) is 8.05 Å². The largest absolute Gasteiger partial charge is 0.443 e. The summed E-state index contributed by atoms with van der Waals surface area (Å²) in [6.07, 6.45) is 8.88. The maximum absolute atomic E-state index is 5.26. The van der Waals surface area contributed by atoms with Gasteiger partial charge >= 0.3 is 0 Å². The van der Waals surface area contributed by atoms with Crippen LogP contribution in [0.25, 0.3) is 0 Å². The third-order valence-corrected chi connectivity index (χ3v) is 2.70. The number of hydrogen-bond acceptors (Lipinski definition) is 1. The highest BCUT2D eigenvalue weighted by molar-refractivity contribution is 5.98. The summed E-state index contributed by atoms with van der Waals surface area (Å²) in [6, 6.07) is 0. The van der Waals surface area contributed by atoms with Gasteiger partial charge in [-0.05, 0) is 19.8 Å². The van der Waals surface area contributed by atoms with Crippen molar-refractivity contribution in [3.63, 3.8) is 0 Å². The van der Waals surface area contributed by atoms with Gasteiger partial charge in [-0.25, -0.2) is 0 Å². The second-order valence-corrected chi connectivity index (χ2v) is 3.84. The SMILES string of the molecule is [B]OC1(C)CCCCCCC1. The summed E-state index contributed by atoms with van der Waals surface area (Å²) < 4.78 is 5.01. The lowest BCUT2D eigenvalue weighted by Gasteiger charge is -2.30. The fraction of sp³-hybridized carbons (Fsp3) is 1.00. The highest BCUT2D eigenvalue weighted by Gasteiger charge is 2.22. The summed E-state index contributed by atoms with van der Waals surface area (Å²) in [5.41, 5.74) is -0.0274. The minimum atomic E-state index is -0.0274. The molecule has 1 aliphatic rings. The first-order chi connectivity index (χ1) is 5.27. The van der Waals surface area contributed by atoms with Crippen LogP contribution in [0.15, 0.2) is 0 Å². The van der Waals surface area contributed by atoms with E-state index in [1.807, 2.05) is 0 Å². The summed E-state index contributed by atoms with van der Waals surface area (Å²) in [4.78, 5) is 0. The van der Waals surface area contributed by atoms with Crippen molar-refractivity contribution in [2.45, 2.75) is 57.5 Å². The van der Waals surface area contributed by atoms with Crippen LogP contribution in [0.4, 0.5) is 0 Å². The van der Waals surface area contributed by atoms with Crippen molar-refractivity contribution in [2.75, 3.05) is 0 Å². The van der Waals surface area contributed by atoms with Gasteiger partial charge in [0.1, 0.15) is 0 Å². The predicted octanol–water partition coefficient (Wildman–Crippen LogP) is 2.59. The Morgan fingerprint density at radius 2 is 1.45 bits per heavy atom. The molecule has 0 aliphatic heterocycles. The molecule has 1 saturated carbocycles. The van der Waals surface area contributed by atoms with E-state index in [2.05, 4.69) is 6.92 Å². The molecule has 1 nitrogen and oxygen atoms in total. The first-order valence-corrected chi connectivity index (χ1v) is 4.65. The van der Waals surface area contributed by atoms with E-state index in [1.54, 1.807) is 0 Å². The molecule has 62 valence electrons. The maximum Gasteiger partial charge on any atom is 0.283 e. The summed E-state index contributed by atoms with van der Waals surface area (Å²) in [6.45, 7) is 2.12. The van der Waals surface area contributed by atoms with Gasteiger partial charge in [-0.3, -0.25) is 0 Å². The quantitative estimate of drug-likeness (QED) is 0.524. The molecule has 0 saturated heterocycles. The molecule has 2 radical (unpaired) electrons. The Kier molecular flexibility index (Phi) is 3.44. The Morgan fingerprint density at radius 1 is 1.00 bits per heavy atom. The smallest absolute Gasteiger partial charge is 0.283 e. The molecule has 0 aromatic carbocycles. The predicted molar refractivity (Wildman–Crippen MR) is 47.6 cm³/mol. The Hall–Kier alpha value is 0.0249. The van der Waals surface area contributed by atoms with Crippen LogP contribution in [0.1, 0.15) is 51.9 Å². The molecule has 0 heterocycles. The second-order valence-electron chi connectivity index (χ2n) is 3.84. The molecule has 1 aliphatic carbocycles. The summed E-state index contributed by atoms with van der Waals surface area (Å²) in [5, 5.41) is 0. The number of rotatable bonds is 1. The van der Waals surface area contributed by atoms with E-state index in [9.17, 15) is 0 Å². The Labute approximate surface area is 71.0 Å². The van der Waals surface area contributed by atoms with Crippen molar-refractivity contribution in [1.29, 1.82) is 0 Å². The molecular formula is C9H17BO. The Bertz CT molecular complexity index is 106. The van der Waals surface area contributed by atoms with Gasteiger partial charge in [0.2, 0.25) is 0 Å².